The van der Waals surface area contributed by atoms with Gasteiger partial charge < -0.3 is 14.2 Å². The molecular weight excluding hydrogens is 168 g/mol. The van der Waals surface area contributed by atoms with Crippen LogP contribution < -0.4 is 0 Å². The minimum atomic E-state index is 0.313. The molecule has 3 nitrogen and oxygen atoms in total. The summed E-state index contributed by atoms with van der Waals surface area (Å²) in [5.74, 6) is 0. The zero-order valence-electron chi connectivity index (χ0n) is 7.78. The van der Waals surface area contributed by atoms with Gasteiger partial charge in [0.1, 0.15) is 0 Å². The highest BCUT2D eigenvalue weighted by Gasteiger charge is 2.42. The van der Waals surface area contributed by atoms with Crippen LogP contribution in [0.1, 0.15) is 25.7 Å². The molecule has 0 bridgehead atoms. The minimum Gasteiger partial charge on any atom is -0.375 e. The molecule has 3 heteroatoms. The lowest BCUT2D eigenvalue weighted by Crippen LogP contribution is -2.48. The second kappa shape index (κ2) is 3.23. The van der Waals surface area contributed by atoms with Gasteiger partial charge in [0.15, 0.2) is 0 Å². The van der Waals surface area contributed by atoms with Crippen LogP contribution >= 0.6 is 0 Å². The first-order valence-corrected chi connectivity index (χ1v) is 5.32. The Hall–Kier alpha value is -0.120. The fourth-order valence-electron chi connectivity index (χ4n) is 2.65. The van der Waals surface area contributed by atoms with E-state index < -0.39 is 0 Å². The van der Waals surface area contributed by atoms with Gasteiger partial charge in [0.25, 0.3) is 0 Å². The van der Waals surface area contributed by atoms with Crippen molar-refractivity contribution in [3.8, 4) is 0 Å². The third-order valence-electron chi connectivity index (χ3n) is 3.34. The van der Waals surface area contributed by atoms with Gasteiger partial charge in [-0.3, -0.25) is 0 Å². The van der Waals surface area contributed by atoms with E-state index in [0.717, 1.165) is 32.5 Å². The Bertz CT molecular complexity index is 175. The zero-order chi connectivity index (χ0) is 8.67. The van der Waals surface area contributed by atoms with Crippen molar-refractivity contribution in [3.05, 3.63) is 0 Å². The van der Waals surface area contributed by atoms with Crippen LogP contribution in [0, 0.1) is 0 Å². The molecule has 0 radical (unpaired) electrons. The van der Waals surface area contributed by atoms with Crippen molar-refractivity contribution in [1.82, 2.24) is 0 Å². The van der Waals surface area contributed by atoms with Crippen molar-refractivity contribution < 1.29 is 14.2 Å². The summed E-state index contributed by atoms with van der Waals surface area (Å²) in [7, 11) is 0. The van der Waals surface area contributed by atoms with Gasteiger partial charge in [-0.25, -0.2) is 0 Å². The molecule has 3 fully saturated rings. The predicted octanol–water partition coefficient (Wildman–Crippen LogP) is 1.11. The number of hydrogen-bond donors (Lipinski definition) is 0. The van der Waals surface area contributed by atoms with Gasteiger partial charge in [-0.2, -0.15) is 0 Å². The first-order chi connectivity index (χ1) is 6.43. The average molecular weight is 184 g/mol. The largest absolute Gasteiger partial charge is 0.375 e. The van der Waals surface area contributed by atoms with Crippen molar-refractivity contribution in [1.29, 1.82) is 0 Å². The Morgan fingerprint density at radius 2 is 1.54 bits per heavy atom. The molecule has 0 saturated carbocycles. The van der Waals surface area contributed by atoms with Gasteiger partial charge >= 0.3 is 0 Å². The van der Waals surface area contributed by atoms with Crippen molar-refractivity contribution in [2.24, 2.45) is 0 Å². The van der Waals surface area contributed by atoms with E-state index in [0.29, 0.717) is 24.4 Å². The first-order valence-electron chi connectivity index (χ1n) is 5.32. The number of hydrogen-bond acceptors (Lipinski definition) is 3. The van der Waals surface area contributed by atoms with E-state index in [4.69, 9.17) is 14.2 Å². The molecule has 0 aromatic rings. The maximum atomic E-state index is 5.96. The highest BCUT2D eigenvalue weighted by molar-refractivity contribution is 4.90. The van der Waals surface area contributed by atoms with Crippen LogP contribution in [0.2, 0.25) is 0 Å². The summed E-state index contributed by atoms with van der Waals surface area (Å²) in [6.07, 6.45) is 5.81. The molecule has 0 unspecified atom stereocenters. The lowest BCUT2D eigenvalue weighted by atomic mass is 9.94. The summed E-state index contributed by atoms with van der Waals surface area (Å²) in [6.45, 7) is 1.77. The maximum absolute atomic E-state index is 5.96. The molecular formula is C10H16O3. The van der Waals surface area contributed by atoms with Gasteiger partial charge in [-0.1, -0.05) is 0 Å². The highest BCUT2D eigenvalue weighted by atomic mass is 16.6. The van der Waals surface area contributed by atoms with Crippen LogP contribution in [-0.4, -0.2) is 37.6 Å². The van der Waals surface area contributed by atoms with Crippen LogP contribution in [0.5, 0.6) is 0 Å². The third kappa shape index (κ3) is 1.39. The summed E-state index contributed by atoms with van der Waals surface area (Å²) < 4.78 is 17.3. The van der Waals surface area contributed by atoms with Crippen molar-refractivity contribution in [3.63, 3.8) is 0 Å². The molecule has 13 heavy (non-hydrogen) atoms. The van der Waals surface area contributed by atoms with E-state index in [1.54, 1.807) is 0 Å². The Morgan fingerprint density at radius 1 is 0.769 bits per heavy atom. The van der Waals surface area contributed by atoms with Crippen LogP contribution in [-0.2, 0) is 14.2 Å². The van der Waals surface area contributed by atoms with E-state index in [9.17, 15) is 0 Å². The molecule has 0 N–H and O–H groups in total. The normalized spacial score (nSPS) is 49.8. The summed E-state index contributed by atoms with van der Waals surface area (Å²) in [5, 5.41) is 0. The van der Waals surface area contributed by atoms with Crippen LogP contribution in [0.3, 0.4) is 0 Å². The van der Waals surface area contributed by atoms with E-state index in [1.807, 2.05) is 0 Å². The predicted molar refractivity (Wildman–Crippen MR) is 46.6 cm³/mol. The molecule has 3 saturated heterocycles. The minimum absolute atomic E-state index is 0.313. The molecule has 74 valence electrons. The summed E-state index contributed by atoms with van der Waals surface area (Å²) in [6, 6.07) is 0. The number of rotatable bonds is 0. The Kier molecular flexibility index (Phi) is 2.04. The summed E-state index contributed by atoms with van der Waals surface area (Å²) >= 11 is 0. The van der Waals surface area contributed by atoms with E-state index in [-0.39, 0.29) is 0 Å². The Balaban J connectivity index is 1.71. The molecule has 0 aliphatic carbocycles. The standard InChI is InChI=1S/C10H16O3/c1-2-7-9(11-4-1)6-10-8(13-7)3-5-12-10/h7-10H,1-6H2/t7-,8+,9+,10+/m1/s1. The number of ether oxygens (including phenoxy) is 3. The Morgan fingerprint density at radius 3 is 2.46 bits per heavy atom. The lowest BCUT2D eigenvalue weighted by molar-refractivity contribution is -0.187. The van der Waals surface area contributed by atoms with Crippen LogP contribution in [0.25, 0.3) is 0 Å². The molecule has 0 amide bonds. The maximum Gasteiger partial charge on any atom is 0.0864 e. The molecule has 3 heterocycles. The second-order valence-corrected chi connectivity index (χ2v) is 4.20. The van der Waals surface area contributed by atoms with Gasteiger partial charge in [0, 0.05) is 19.6 Å². The highest BCUT2D eigenvalue weighted by Crippen LogP contribution is 2.34. The summed E-state index contributed by atoms with van der Waals surface area (Å²) in [4.78, 5) is 0. The van der Waals surface area contributed by atoms with Crippen molar-refractivity contribution in [2.75, 3.05) is 13.2 Å². The monoisotopic (exact) mass is 184 g/mol. The molecule has 3 aliphatic heterocycles. The fourth-order valence-corrected chi connectivity index (χ4v) is 2.65. The molecule has 0 spiro atoms. The van der Waals surface area contributed by atoms with Gasteiger partial charge in [0.2, 0.25) is 0 Å². The first kappa shape index (κ1) is 8.21. The Labute approximate surface area is 78.3 Å². The van der Waals surface area contributed by atoms with Crippen LogP contribution in [0.15, 0.2) is 0 Å². The smallest absolute Gasteiger partial charge is 0.0864 e. The second-order valence-electron chi connectivity index (χ2n) is 4.20. The van der Waals surface area contributed by atoms with Crippen molar-refractivity contribution in [2.45, 2.75) is 50.1 Å². The van der Waals surface area contributed by atoms with Gasteiger partial charge in [0.05, 0.1) is 24.4 Å². The average Bonchev–Trinajstić information content (AvgIpc) is 2.61. The van der Waals surface area contributed by atoms with Crippen molar-refractivity contribution >= 4 is 0 Å². The number of fused-ring (bicyclic) bond motifs is 2. The molecule has 0 aromatic carbocycles. The third-order valence-corrected chi connectivity index (χ3v) is 3.34. The molecule has 3 aliphatic rings. The van der Waals surface area contributed by atoms with E-state index in [2.05, 4.69) is 0 Å². The topological polar surface area (TPSA) is 27.7 Å². The van der Waals surface area contributed by atoms with Crippen LogP contribution in [0.4, 0.5) is 0 Å². The van der Waals surface area contributed by atoms with E-state index in [1.165, 1.54) is 6.42 Å². The zero-order valence-corrected chi connectivity index (χ0v) is 7.78. The SMILES string of the molecule is C1CO[C@H]2C[C@@H]3OCC[C@@H]3O[C@@H]2C1. The molecule has 0 aromatic heterocycles. The fraction of sp³-hybridized carbons (Fsp3) is 1.00. The summed E-state index contributed by atoms with van der Waals surface area (Å²) in [5.41, 5.74) is 0. The molecule has 3 rings (SSSR count). The molecule has 4 atom stereocenters. The lowest BCUT2D eigenvalue weighted by Gasteiger charge is -2.40. The van der Waals surface area contributed by atoms with E-state index >= 15 is 0 Å². The van der Waals surface area contributed by atoms with Gasteiger partial charge in [-0.05, 0) is 19.3 Å². The quantitative estimate of drug-likeness (QED) is 0.564. The van der Waals surface area contributed by atoms with Gasteiger partial charge in [-0.15, -0.1) is 0 Å².